The number of carbonyl (C=O) groups excluding carboxylic acids is 1. The minimum absolute atomic E-state index is 0.166. The third-order valence-electron chi connectivity index (χ3n) is 9.27. The van der Waals surface area contributed by atoms with Crippen LogP contribution in [0.25, 0.3) is 0 Å². The third kappa shape index (κ3) is 3.93. The molecule has 0 aliphatic heterocycles. The van der Waals surface area contributed by atoms with E-state index in [2.05, 4.69) is 40.7 Å². The molecule has 1 aromatic carbocycles. The Balaban J connectivity index is 1.58. The Labute approximate surface area is 198 Å². The second-order valence-corrected chi connectivity index (χ2v) is 11.4. The van der Waals surface area contributed by atoms with E-state index in [0.717, 1.165) is 37.7 Å². The van der Waals surface area contributed by atoms with Crippen LogP contribution in [0.5, 0.6) is 5.75 Å². The van der Waals surface area contributed by atoms with Crippen molar-refractivity contribution < 1.29 is 14.5 Å². The largest absolute Gasteiger partial charge is 0.490 e. The zero-order valence-electron chi connectivity index (χ0n) is 21.1. The molecule has 3 aliphatic rings. The van der Waals surface area contributed by atoms with Gasteiger partial charge in [-0.15, -0.1) is 0 Å². The highest BCUT2D eigenvalue weighted by atomic mass is 16.6. The van der Waals surface area contributed by atoms with Gasteiger partial charge in [0.1, 0.15) is 0 Å². The summed E-state index contributed by atoms with van der Waals surface area (Å²) >= 11 is 0. The van der Waals surface area contributed by atoms with E-state index in [1.165, 1.54) is 19.1 Å². The minimum atomic E-state index is -0.267. The SMILES string of the molecule is COc1ccc2c(c1[N+](=O)[O-])CC[C@@H]1[C@@H]2CC[C@]2(C)[C@@H](CC(=O)N(C(C)C)C(C)C)CC[C@@H]12. The van der Waals surface area contributed by atoms with Crippen LogP contribution in [0.4, 0.5) is 5.69 Å². The summed E-state index contributed by atoms with van der Waals surface area (Å²) in [6.07, 6.45) is 6.84. The Morgan fingerprint density at radius 3 is 2.48 bits per heavy atom. The zero-order chi connectivity index (χ0) is 24.1. The average Bonchev–Trinajstić information content (AvgIpc) is 3.07. The second kappa shape index (κ2) is 8.92. The van der Waals surface area contributed by atoms with E-state index in [0.29, 0.717) is 41.7 Å². The molecule has 0 radical (unpaired) electrons. The highest BCUT2D eigenvalue weighted by molar-refractivity contribution is 5.77. The summed E-state index contributed by atoms with van der Waals surface area (Å²) in [5.41, 5.74) is 2.41. The van der Waals surface area contributed by atoms with Gasteiger partial charge >= 0.3 is 5.69 Å². The van der Waals surface area contributed by atoms with Crippen LogP contribution in [0.2, 0.25) is 0 Å². The molecule has 0 saturated heterocycles. The molecule has 0 heterocycles. The maximum atomic E-state index is 13.3. The van der Waals surface area contributed by atoms with Crippen LogP contribution < -0.4 is 4.74 Å². The van der Waals surface area contributed by atoms with Gasteiger partial charge < -0.3 is 9.64 Å². The van der Waals surface area contributed by atoms with Crippen LogP contribution >= 0.6 is 0 Å². The molecule has 0 N–H and O–H groups in total. The molecule has 6 nitrogen and oxygen atoms in total. The van der Waals surface area contributed by atoms with Crippen molar-refractivity contribution in [1.29, 1.82) is 0 Å². The van der Waals surface area contributed by atoms with Crippen LogP contribution in [-0.4, -0.2) is 34.9 Å². The fraction of sp³-hybridized carbons (Fsp3) is 0.741. The first-order valence-corrected chi connectivity index (χ1v) is 12.7. The van der Waals surface area contributed by atoms with Gasteiger partial charge in [0.25, 0.3) is 0 Å². The molecule has 4 rings (SSSR count). The number of fused-ring (bicyclic) bond motifs is 5. The van der Waals surface area contributed by atoms with E-state index >= 15 is 0 Å². The smallest absolute Gasteiger partial charge is 0.314 e. The number of hydrogen-bond acceptors (Lipinski definition) is 4. The maximum absolute atomic E-state index is 13.3. The van der Waals surface area contributed by atoms with Crippen LogP contribution in [0.3, 0.4) is 0 Å². The lowest BCUT2D eigenvalue weighted by molar-refractivity contribution is -0.386. The fourth-order valence-electron chi connectivity index (χ4n) is 7.93. The molecule has 0 aromatic heterocycles. The van der Waals surface area contributed by atoms with Crippen molar-refractivity contribution in [3.05, 3.63) is 33.4 Å². The number of amides is 1. The van der Waals surface area contributed by atoms with Gasteiger partial charge in [0.2, 0.25) is 5.91 Å². The first-order chi connectivity index (χ1) is 15.6. The van der Waals surface area contributed by atoms with Gasteiger partial charge in [0, 0.05) is 24.1 Å². The van der Waals surface area contributed by atoms with E-state index < -0.39 is 0 Å². The molecular formula is C27H40N2O4. The quantitative estimate of drug-likeness (QED) is 0.382. The van der Waals surface area contributed by atoms with Gasteiger partial charge in [-0.25, -0.2) is 0 Å². The predicted molar refractivity (Wildman–Crippen MR) is 129 cm³/mol. The highest BCUT2D eigenvalue weighted by Crippen LogP contribution is 2.64. The zero-order valence-corrected chi connectivity index (χ0v) is 21.1. The highest BCUT2D eigenvalue weighted by Gasteiger charge is 2.55. The minimum Gasteiger partial charge on any atom is -0.490 e. The number of rotatable bonds is 6. The Morgan fingerprint density at radius 2 is 1.88 bits per heavy atom. The summed E-state index contributed by atoms with van der Waals surface area (Å²) in [5.74, 6) is 2.63. The number of ether oxygens (including phenoxy) is 1. The van der Waals surface area contributed by atoms with Crippen molar-refractivity contribution in [1.82, 2.24) is 4.90 Å². The number of benzene rings is 1. The normalized spacial score (nSPS) is 30.5. The summed E-state index contributed by atoms with van der Waals surface area (Å²) in [7, 11) is 1.51. The van der Waals surface area contributed by atoms with Crippen LogP contribution in [0.15, 0.2) is 12.1 Å². The van der Waals surface area contributed by atoms with Gasteiger partial charge in [0.05, 0.1) is 12.0 Å². The second-order valence-electron chi connectivity index (χ2n) is 11.4. The van der Waals surface area contributed by atoms with E-state index in [9.17, 15) is 14.9 Å². The van der Waals surface area contributed by atoms with Crippen molar-refractivity contribution in [3.8, 4) is 5.75 Å². The monoisotopic (exact) mass is 456 g/mol. The lowest BCUT2D eigenvalue weighted by Gasteiger charge is -2.51. The summed E-state index contributed by atoms with van der Waals surface area (Å²) in [6, 6.07) is 4.32. The number of nitrogens with zero attached hydrogens (tertiary/aromatic N) is 2. The Morgan fingerprint density at radius 1 is 1.18 bits per heavy atom. The van der Waals surface area contributed by atoms with E-state index in [1.807, 2.05) is 4.90 Å². The molecular weight excluding hydrogens is 416 g/mol. The molecule has 0 unspecified atom stereocenters. The summed E-state index contributed by atoms with van der Waals surface area (Å²) < 4.78 is 5.32. The average molecular weight is 457 g/mol. The first kappa shape index (κ1) is 24.0. The molecule has 182 valence electrons. The van der Waals surface area contributed by atoms with Gasteiger partial charge in [0.15, 0.2) is 5.75 Å². The standard InChI is InChI=1S/C27H40N2O4/c1-16(2)28(17(3)4)25(30)15-18-7-11-23-21-8-9-22-19(20(21)13-14-27(18,23)5)10-12-24(33-6)26(22)29(31)32/h10,12,16-18,20-21,23H,7-9,11,13-15H2,1-6H3/t18-,20-,21-,23+,27-/m1/s1. The van der Waals surface area contributed by atoms with E-state index in [4.69, 9.17) is 4.74 Å². The van der Waals surface area contributed by atoms with Crippen molar-refractivity contribution >= 4 is 11.6 Å². The molecule has 0 bridgehead atoms. The van der Waals surface area contributed by atoms with E-state index in [1.54, 1.807) is 6.07 Å². The molecule has 2 saturated carbocycles. The predicted octanol–water partition coefficient (Wildman–Crippen LogP) is 6.11. The Hall–Kier alpha value is -2.11. The summed E-state index contributed by atoms with van der Waals surface area (Å²) in [6.45, 7) is 10.9. The number of nitro benzene ring substituents is 1. The number of hydrogen-bond donors (Lipinski definition) is 0. The van der Waals surface area contributed by atoms with Gasteiger partial charge in [-0.2, -0.15) is 0 Å². The Kier molecular flexibility index (Phi) is 6.49. The van der Waals surface area contributed by atoms with Crippen molar-refractivity contribution in [2.75, 3.05) is 7.11 Å². The number of nitro groups is 1. The topological polar surface area (TPSA) is 72.7 Å². The van der Waals surface area contributed by atoms with Gasteiger partial charge in [-0.3, -0.25) is 14.9 Å². The summed E-state index contributed by atoms with van der Waals surface area (Å²) in [5, 5.41) is 11.8. The molecule has 33 heavy (non-hydrogen) atoms. The lowest BCUT2D eigenvalue weighted by atomic mass is 9.54. The molecule has 5 atom stereocenters. The van der Waals surface area contributed by atoms with Crippen molar-refractivity contribution in [2.45, 2.75) is 97.6 Å². The Bertz CT molecular complexity index is 919. The third-order valence-corrected chi connectivity index (χ3v) is 9.27. The van der Waals surface area contributed by atoms with Crippen molar-refractivity contribution in [3.63, 3.8) is 0 Å². The number of methoxy groups -OCH3 is 1. The van der Waals surface area contributed by atoms with Crippen LogP contribution in [0.1, 0.15) is 90.2 Å². The molecule has 3 aliphatic carbocycles. The molecule has 6 heteroatoms. The van der Waals surface area contributed by atoms with Crippen molar-refractivity contribution in [2.24, 2.45) is 23.2 Å². The molecule has 1 amide bonds. The number of carbonyl (C=O) groups is 1. The summed E-state index contributed by atoms with van der Waals surface area (Å²) in [4.78, 5) is 26.9. The molecule has 2 fully saturated rings. The van der Waals surface area contributed by atoms with Crippen LogP contribution in [0, 0.1) is 33.3 Å². The maximum Gasteiger partial charge on any atom is 0.314 e. The molecule has 1 aromatic rings. The van der Waals surface area contributed by atoms with Gasteiger partial charge in [-0.1, -0.05) is 13.0 Å². The lowest BCUT2D eigenvalue weighted by Crippen LogP contribution is -2.46. The first-order valence-electron chi connectivity index (χ1n) is 12.7. The van der Waals surface area contributed by atoms with Gasteiger partial charge in [-0.05, 0) is 107 Å². The fourth-order valence-corrected chi connectivity index (χ4v) is 7.93. The molecule has 0 spiro atoms. The van der Waals surface area contributed by atoms with E-state index in [-0.39, 0.29) is 28.1 Å². The van der Waals surface area contributed by atoms with Crippen LogP contribution in [-0.2, 0) is 11.2 Å².